The van der Waals surface area contributed by atoms with E-state index in [9.17, 15) is 4.79 Å². The van der Waals surface area contributed by atoms with E-state index in [0.717, 1.165) is 35.3 Å². The molecule has 100 valence electrons. The van der Waals surface area contributed by atoms with E-state index in [1.54, 1.807) is 0 Å². The van der Waals surface area contributed by atoms with Crippen molar-refractivity contribution in [2.45, 2.75) is 12.8 Å². The van der Waals surface area contributed by atoms with Gasteiger partial charge in [-0.2, -0.15) is 0 Å². The van der Waals surface area contributed by atoms with Gasteiger partial charge in [-0.05, 0) is 41.2 Å². The van der Waals surface area contributed by atoms with Crippen LogP contribution in [0.15, 0.2) is 18.7 Å². The zero-order valence-corrected chi connectivity index (χ0v) is 11.5. The lowest BCUT2D eigenvalue weighted by molar-refractivity contribution is -0.142. The molecule has 1 heterocycles. The summed E-state index contributed by atoms with van der Waals surface area (Å²) in [5, 5.41) is 0.626. The first-order valence-electron chi connectivity index (χ1n) is 6.34. The van der Waals surface area contributed by atoms with Crippen LogP contribution in [0.4, 0.5) is 0 Å². The summed E-state index contributed by atoms with van der Waals surface area (Å²) < 4.78 is 10.2. The molecule has 0 amide bonds. The summed E-state index contributed by atoms with van der Waals surface area (Å²) in [6.07, 6.45) is 1.69. The van der Waals surface area contributed by atoms with Crippen LogP contribution in [0.2, 0.25) is 5.02 Å². The van der Waals surface area contributed by atoms with Crippen molar-refractivity contribution in [3.05, 3.63) is 34.9 Å². The molecule has 0 saturated heterocycles. The summed E-state index contributed by atoms with van der Waals surface area (Å²) in [6, 6.07) is 3.95. The average Bonchev–Trinajstić information content (AvgIpc) is 3.06. The smallest absolute Gasteiger partial charge is 0.309 e. The fraction of sp³-hybridized carbons (Fsp3) is 0.400. The number of carbonyl (C=O) groups is 1. The van der Waals surface area contributed by atoms with Crippen molar-refractivity contribution in [2.75, 3.05) is 13.7 Å². The molecule has 0 aromatic heterocycles. The maximum absolute atomic E-state index is 11.5. The Balaban J connectivity index is 1.82. The topological polar surface area (TPSA) is 35.5 Å². The number of fused-ring (bicyclic) bond motifs is 1. The Labute approximate surface area is 117 Å². The summed E-state index contributed by atoms with van der Waals surface area (Å²) in [5.74, 6) is 0.782. The summed E-state index contributed by atoms with van der Waals surface area (Å²) in [5.41, 5.74) is 3.09. The second-order valence-corrected chi connectivity index (χ2v) is 5.45. The third-order valence-corrected chi connectivity index (χ3v) is 4.13. The van der Waals surface area contributed by atoms with Gasteiger partial charge in [0.15, 0.2) is 0 Å². The maximum atomic E-state index is 11.5. The Morgan fingerprint density at radius 3 is 3.00 bits per heavy atom. The number of ether oxygens (including phenoxy) is 2. The third kappa shape index (κ3) is 2.12. The monoisotopic (exact) mass is 278 g/mol. The zero-order chi connectivity index (χ0) is 13.6. The van der Waals surface area contributed by atoms with Crippen LogP contribution in [0, 0.1) is 11.8 Å². The van der Waals surface area contributed by atoms with Crippen molar-refractivity contribution in [3.63, 3.8) is 0 Å². The van der Waals surface area contributed by atoms with Crippen LogP contribution < -0.4 is 4.74 Å². The van der Waals surface area contributed by atoms with Crippen molar-refractivity contribution in [1.29, 1.82) is 0 Å². The van der Waals surface area contributed by atoms with Crippen molar-refractivity contribution in [1.82, 2.24) is 0 Å². The van der Waals surface area contributed by atoms with Crippen LogP contribution in [-0.2, 0) is 16.0 Å². The number of esters is 1. The number of hydrogen-bond donors (Lipinski definition) is 0. The minimum Gasteiger partial charge on any atom is -0.491 e. The molecule has 1 fully saturated rings. The number of halogens is 1. The number of benzene rings is 1. The lowest BCUT2D eigenvalue weighted by Gasteiger charge is -2.09. The number of methoxy groups -OCH3 is 1. The van der Waals surface area contributed by atoms with Gasteiger partial charge in [-0.3, -0.25) is 4.79 Å². The largest absolute Gasteiger partial charge is 0.491 e. The summed E-state index contributed by atoms with van der Waals surface area (Å²) in [4.78, 5) is 11.5. The third-order valence-electron chi connectivity index (χ3n) is 3.85. The van der Waals surface area contributed by atoms with Crippen LogP contribution in [0.3, 0.4) is 0 Å². The molecular weight excluding hydrogens is 264 g/mol. The van der Waals surface area contributed by atoms with Gasteiger partial charge in [-0.15, -0.1) is 0 Å². The molecule has 1 aromatic rings. The summed E-state index contributed by atoms with van der Waals surface area (Å²) in [7, 11) is 1.42. The predicted molar refractivity (Wildman–Crippen MR) is 73.3 cm³/mol. The molecule has 2 aliphatic rings. The van der Waals surface area contributed by atoms with E-state index in [2.05, 4.69) is 12.6 Å². The molecule has 19 heavy (non-hydrogen) atoms. The highest BCUT2D eigenvalue weighted by Crippen LogP contribution is 2.49. The van der Waals surface area contributed by atoms with Crippen LogP contribution >= 0.6 is 11.6 Å². The standard InChI is InChI=1S/C15H15ClO3/c1-8(11-7-12(11)15(17)18-2)10-5-9-3-4-19-14(9)13(16)6-10/h5-6,11-12H,1,3-4,7H2,2H3. The highest BCUT2D eigenvalue weighted by Gasteiger charge is 2.45. The first-order valence-corrected chi connectivity index (χ1v) is 6.72. The first kappa shape index (κ1) is 12.5. The van der Waals surface area contributed by atoms with Gasteiger partial charge in [0.25, 0.3) is 0 Å². The van der Waals surface area contributed by atoms with Crippen LogP contribution in [0.25, 0.3) is 5.57 Å². The Kier molecular flexibility index (Phi) is 3.02. The van der Waals surface area contributed by atoms with Gasteiger partial charge in [0.1, 0.15) is 5.75 Å². The van der Waals surface area contributed by atoms with Crippen molar-refractivity contribution in [3.8, 4) is 5.75 Å². The fourth-order valence-corrected chi connectivity index (χ4v) is 2.95. The van der Waals surface area contributed by atoms with E-state index in [4.69, 9.17) is 21.1 Å². The average molecular weight is 279 g/mol. The van der Waals surface area contributed by atoms with Crippen LogP contribution in [0.1, 0.15) is 17.5 Å². The van der Waals surface area contributed by atoms with Crippen molar-refractivity contribution in [2.24, 2.45) is 11.8 Å². The van der Waals surface area contributed by atoms with Gasteiger partial charge in [0, 0.05) is 6.42 Å². The van der Waals surface area contributed by atoms with Crippen LogP contribution in [-0.4, -0.2) is 19.7 Å². The molecule has 3 nitrogen and oxygen atoms in total. The van der Waals surface area contributed by atoms with Gasteiger partial charge < -0.3 is 9.47 Å². The minimum absolute atomic E-state index is 0.0409. The second-order valence-electron chi connectivity index (χ2n) is 5.04. The molecule has 2 atom stereocenters. The first-order chi connectivity index (χ1) is 9.11. The van der Waals surface area contributed by atoms with Crippen molar-refractivity contribution < 1.29 is 14.3 Å². The summed E-state index contributed by atoms with van der Waals surface area (Å²) >= 11 is 6.21. The molecule has 0 radical (unpaired) electrons. The van der Waals surface area contributed by atoms with Crippen molar-refractivity contribution >= 4 is 23.1 Å². The lowest BCUT2D eigenvalue weighted by Crippen LogP contribution is -2.04. The lowest BCUT2D eigenvalue weighted by atomic mass is 9.99. The number of carbonyl (C=O) groups excluding carboxylic acids is 1. The minimum atomic E-state index is -0.151. The number of allylic oxidation sites excluding steroid dienone is 1. The van der Waals surface area contributed by atoms with Gasteiger partial charge in [-0.1, -0.05) is 18.2 Å². The molecule has 1 aromatic carbocycles. The highest BCUT2D eigenvalue weighted by molar-refractivity contribution is 6.32. The number of hydrogen-bond acceptors (Lipinski definition) is 3. The number of rotatable bonds is 3. The van der Waals surface area contributed by atoms with E-state index >= 15 is 0 Å². The van der Waals surface area contributed by atoms with Crippen LogP contribution in [0.5, 0.6) is 5.75 Å². The molecule has 0 bridgehead atoms. The predicted octanol–water partition coefficient (Wildman–Crippen LogP) is 3.10. The Hall–Kier alpha value is -1.48. The maximum Gasteiger partial charge on any atom is 0.309 e. The van der Waals surface area contributed by atoms with Gasteiger partial charge >= 0.3 is 5.97 Å². The van der Waals surface area contributed by atoms with E-state index < -0.39 is 0 Å². The Morgan fingerprint density at radius 2 is 2.26 bits per heavy atom. The zero-order valence-electron chi connectivity index (χ0n) is 10.7. The SMILES string of the molecule is C=C(c1cc(Cl)c2c(c1)CCO2)C1CC1C(=O)OC. The van der Waals surface area contributed by atoms with E-state index in [-0.39, 0.29) is 17.8 Å². The van der Waals surface area contributed by atoms with Gasteiger partial charge in [-0.25, -0.2) is 0 Å². The molecule has 1 saturated carbocycles. The Bertz CT molecular complexity index is 565. The Morgan fingerprint density at radius 1 is 1.47 bits per heavy atom. The molecule has 3 rings (SSSR count). The molecule has 1 aliphatic heterocycles. The van der Waals surface area contributed by atoms with E-state index in [1.807, 2.05) is 6.07 Å². The van der Waals surface area contributed by atoms with E-state index in [1.165, 1.54) is 7.11 Å². The molecule has 1 aliphatic carbocycles. The molecule has 0 N–H and O–H groups in total. The van der Waals surface area contributed by atoms with Gasteiger partial charge in [0.2, 0.25) is 0 Å². The summed E-state index contributed by atoms with van der Waals surface area (Å²) in [6.45, 7) is 4.79. The van der Waals surface area contributed by atoms with Gasteiger partial charge in [0.05, 0.1) is 24.7 Å². The molecule has 4 heteroatoms. The normalized spacial score (nSPS) is 23.5. The van der Waals surface area contributed by atoms with E-state index in [0.29, 0.717) is 11.6 Å². The highest BCUT2D eigenvalue weighted by atomic mass is 35.5. The molecular formula is C15H15ClO3. The molecule has 0 spiro atoms. The second kappa shape index (κ2) is 4.57. The quantitative estimate of drug-likeness (QED) is 0.797. The fourth-order valence-electron chi connectivity index (χ4n) is 2.65. The molecule has 2 unspecified atom stereocenters.